The average Bonchev–Trinajstić information content (AvgIpc) is 3.07. The summed E-state index contributed by atoms with van der Waals surface area (Å²) in [7, 11) is -2.85. The summed E-state index contributed by atoms with van der Waals surface area (Å²) in [5, 5.41) is 10.1. The van der Waals surface area contributed by atoms with Crippen LogP contribution in [-0.2, 0) is 21.2 Å². The van der Waals surface area contributed by atoms with Crippen LogP contribution in [0.25, 0.3) is 0 Å². The topological polar surface area (TPSA) is 95.2 Å². The zero-order valence-electron chi connectivity index (χ0n) is 14.3. The number of hydrogen-bond acceptors (Lipinski definition) is 5. The molecule has 0 saturated carbocycles. The molecular weight excluding hydrogens is 328 g/mol. The van der Waals surface area contributed by atoms with Gasteiger partial charge < -0.3 is 5.32 Å². The van der Waals surface area contributed by atoms with Crippen molar-refractivity contribution in [1.82, 2.24) is 20.4 Å². The highest BCUT2D eigenvalue weighted by Gasteiger charge is 2.35. The summed E-state index contributed by atoms with van der Waals surface area (Å²) in [6.45, 7) is 6.01. The lowest BCUT2D eigenvalue weighted by atomic mass is 9.94. The summed E-state index contributed by atoms with van der Waals surface area (Å²) in [6.07, 6.45) is 2.33. The van der Waals surface area contributed by atoms with Crippen molar-refractivity contribution in [2.75, 3.05) is 24.6 Å². The SMILES string of the molecule is Cc1n[nH]c(C)c1CNC(=O)C1CCN([C@H]2CCS(=O)(=O)C2)CC1. The van der Waals surface area contributed by atoms with Crippen molar-refractivity contribution in [3.05, 3.63) is 17.0 Å². The van der Waals surface area contributed by atoms with Crippen molar-refractivity contribution in [1.29, 1.82) is 0 Å². The molecule has 2 aliphatic heterocycles. The fourth-order valence-corrected chi connectivity index (χ4v) is 5.51. The van der Waals surface area contributed by atoms with Gasteiger partial charge in [0.2, 0.25) is 5.91 Å². The molecule has 7 nitrogen and oxygen atoms in total. The number of H-pyrrole nitrogens is 1. The minimum Gasteiger partial charge on any atom is -0.352 e. The Hall–Kier alpha value is -1.41. The number of aromatic amines is 1. The summed E-state index contributed by atoms with van der Waals surface area (Å²) in [5.41, 5.74) is 2.96. The van der Waals surface area contributed by atoms with E-state index in [0.717, 1.165) is 49.3 Å². The first-order valence-electron chi connectivity index (χ1n) is 8.58. The van der Waals surface area contributed by atoms with Crippen molar-refractivity contribution in [2.45, 2.75) is 45.7 Å². The number of aromatic nitrogens is 2. The Morgan fingerprint density at radius 3 is 2.54 bits per heavy atom. The Bertz CT molecular complexity index is 685. The molecule has 0 bridgehead atoms. The molecule has 1 amide bonds. The molecule has 8 heteroatoms. The van der Waals surface area contributed by atoms with Crippen LogP contribution >= 0.6 is 0 Å². The van der Waals surface area contributed by atoms with Crippen LogP contribution in [0.5, 0.6) is 0 Å². The highest BCUT2D eigenvalue weighted by atomic mass is 32.2. The first kappa shape index (κ1) is 17.4. The van der Waals surface area contributed by atoms with Crippen molar-refractivity contribution >= 4 is 15.7 Å². The van der Waals surface area contributed by atoms with Gasteiger partial charge >= 0.3 is 0 Å². The van der Waals surface area contributed by atoms with Crippen LogP contribution in [0.4, 0.5) is 0 Å². The molecule has 0 radical (unpaired) electrons. The molecule has 24 heavy (non-hydrogen) atoms. The Labute approximate surface area is 143 Å². The van der Waals surface area contributed by atoms with Gasteiger partial charge in [-0.05, 0) is 46.2 Å². The monoisotopic (exact) mass is 354 g/mol. The molecule has 0 aromatic carbocycles. The summed E-state index contributed by atoms with van der Waals surface area (Å²) in [5.74, 6) is 0.699. The van der Waals surface area contributed by atoms with Crippen LogP contribution in [0, 0.1) is 19.8 Å². The predicted octanol–water partition coefficient (Wildman–Crippen LogP) is 0.542. The van der Waals surface area contributed by atoms with Gasteiger partial charge in [0.05, 0.1) is 17.2 Å². The van der Waals surface area contributed by atoms with E-state index < -0.39 is 9.84 Å². The number of rotatable bonds is 4. The van der Waals surface area contributed by atoms with E-state index >= 15 is 0 Å². The Morgan fingerprint density at radius 2 is 2.00 bits per heavy atom. The highest BCUT2D eigenvalue weighted by molar-refractivity contribution is 7.91. The molecule has 2 saturated heterocycles. The zero-order chi connectivity index (χ0) is 17.3. The molecule has 1 atom stereocenters. The van der Waals surface area contributed by atoms with Gasteiger partial charge in [-0.2, -0.15) is 5.10 Å². The fourth-order valence-electron chi connectivity index (χ4n) is 3.74. The number of sulfone groups is 1. The molecule has 2 fully saturated rings. The van der Waals surface area contributed by atoms with E-state index in [4.69, 9.17) is 0 Å². The number of carbonyl (C=O) groups excluding carboxylic acids is 1. The molecule has 1 aromatic rings. The van der Waals surface area contributed by atoms with Gasteiger partial charge in [0.15, 0.2) is 9.84 Å². The fraction of sp³-hybridized carbons (Fsp3) is 0.750. The van der Waals surface area contributed by atoms with Crippen molar-refractivity contribution in [3.8, 4) is 0 Å². The van der Waals surface area contributed by atoms with Gasteiger partial charge in [0, 0.05) is 29.8 Å². The van der Waals surface area contributed by atoms with E-state index in [2.05, 4.69) is 20.4 Å². The first-order chi connectivity index (χ1) is 11.4. The minimum atomic E-state index is -2.85. The van der Waals surface area contributed by atoms with Crippen molar-refractivity contribution < 1.29 is 13.2 Å². The molecular formula is C16H26N4O3S. The number of likely N-dealkylation sites (tertiary alicyclic amines) is 1. The molecule has 0 unspecified atom stereocenters. The molecule has 0 spiro atoms. The van der Waals surface area contributed by atoms with Gasteiger partial charge in [-0.25, -0.2) is 8.42 Å². The number of nitrogens with one attached hydrogen (secondary N) is 2. The smallest absolute Gasteiger partial charge is 0.223 e. The van der Waals surface area contributed by atoms with Crippen LogP contribution < -0.4 is 5.32 Å². The van der Waals surface area contributed by atoms with E-state index in [0.29, 0.717) is 12.3 Å². The summed E-state index contributed by atoms with van der Waals surface area (Å²) in [6, 6.07) is 0.148. The lowest BCUT2D eigenvalue weighted by molar-refractivity contribution is -0.126. The van der Waals surface area contributed by atoms with E-state index in [1.807, 2.05) is 13.8 Å². The Kier molecular flexibility index (Phi) is 4.96. The molecule has 3 heterocycles. The summed E-state index contributed by atoms with van der Waals surface area (Å²) >= 11 is 0. The predicted molar refractivity (Wildman–Crippen MR) is 91.3 cm³/mol. The van der Waals surface area contributed by atoms with E-state index in [-0.39, 0.29) is 23.6 Å². The lowest BCUT2D eigenvalue weighted by Gasteiger charge is -2.34. The third-order valence-electron chi connectivity index (χ3n) is 5.35. The van der Waals surface area contributed by atoms with E-state index in [1.54, 1.807) is 0 Å². The van der Waals surface area contributed by atoms with Crippen LogP contribution in [0.3, 0.4) is 0 Å². The van der Waals surface area contributed by atoms with Crippen molar-refractivity contribution in [3.63, 3.8) is 0 Å². The number of carbonyl (C=O) groups is 1. The van der Waals surface area contributed by atoms with Gasteiger partial charge in [-0.3, -0.25) is 14.8 Å². The Morgan fingerprint density at radius 1 is 1.29 bits per heavy atom. The molecule has 3 rings (SSSR count). The largest absolute Gasteiger partial charge is 0.352 e. The Balaban J connectivity index is 1.47. The van der Waals surface area contributed by atoms with Crippen LogP contribution in [0.2, 0.25) is 0 Å². The van der Waals surface area contributed by atoms with Gasteiger partial charge in [0.1, 0.15) is 0 Å². The molecule has 2 N–H and O–H groups in total. The maximum atomic E-state index is 12.4. The lowest BCUT2D eigenvalue weighted by Crippen LogP contribution is -2.45. The molecule has 1 aromatic heterocycles. The van der Waals surface area contributed by atoms with E-state index in [1.165, 1.54) is 0 Å². The second-order valence-electron chi connectivity index (χ2n) is 7.00. The van der Waals surface area contributed by atoms with Crippen LogP contribution in [0.1, 0.15) is 36.2 Å². The second-order valence-corrected chi connectivity index (χ2v) is 9.23. The van der Waals surface area contributed by atoms with E-state index in [9.17, 15) is 13.2 Å². The highest BCUT2D eigenvalue weighted by Crippen LogP contribution is 2.24. The third-order valence-corrected chi connectivity index (χ3v) is 7.10. The van der Waals surface area contributed by atoms with Gasteiger partial charge in [-0.1, -0.05) is 0 Å². The van der Waals surface area contributed by atoms with Crippen molar-refractivity contribution in [2.24, 2.45) is 5.92 Å². The van der Waals surface area contributed by atoms with Gasteiger partial charge in [0.25, 0.3) is 0 Å². The number of piperidine rings is 1. The van der Waals surface area contributed by atoms with Gasteiger partial charge in [-0.15, -0.1) is 0 Å². The first-order valence-corrected chi connectivity index (χ1v) is 10.4. The standard InChI is InChI=1S/C16H26N4O3S/c1-11-15(12(2)19-18-11)9-17-16(21)13-3-6-20(7-4-13)14-5-8-24(22,23)10-14/h13-14H,3-10H2,1-2H3,(H,17,21)(H,18,19)/t14-/m0/s1. The zero-order valence-corrected chi connectivity index (χ0v) is 15.2. The normalized spacial score (nSPS) is 25.0. The summed E-state index contributed by atoms with van der Waals surface area (Å²) in [4.78, 5) is 14.6. The molecule has 2 aliphatic rings. The molecule has 134 valence electrons. The number of aryl methyl sites for hydroxylation is 2. The average molecular weight is 354 g/mol. The minimum absolute atomic E-state index is 0.0202. The van der Waals surface area contributed by atoms with Crippen LogP contribution in [0.15, 0.2) is 0 Å². The maximum absolute atomic E-state index is 12.4. The second kappa shape index (κ2) is 6.84. The number of amides is 1. The third kappa shape index (κ3) is 3.80. The molecule has 0 aliphatic carbocycles. The number of hydrogen-bond donors (Lipinski definition) is 2. The summed E-state index contributed by atoms with van der Waals surface area (Å²) < 4.78 is 23.2. The van der Waals surface area contributed by atoms with Crippen LogP contribution in [-0.4, -0.2) is 60.1 Å². The maximum Gasteiger partial charge on any atom is 0.223 e. The quantitative estimate of drug-likeness (QED) is 0.823. The number of nitrogens with zero attached hydrogens (tertiary/aromatic N) is 2.